The molecule has 1 nitrogen and oxygen atoms in total. The van der Waals surface area contributed by atoms with Crippen LogP contribution in [0.1, 0.15) is 27.2 Å². The van der Waals surface area contributed by atoms with Gasteiger partial charge in [0, 0.05) is 6.54 Å². The van der Waals surface area contributed by atoms with Crippen molar-refractivity contribution in [2.24, 2.45) is 11.3 Å². The summed E-state index contributed by atoms with van der Waals surface area (Å²) in [6.45, 7) is 7.99. The molecule has 0 spiro atoms. The van der Waals surface area contributed by atoms with Crippen LogP contribution in [0.3, 0.4) is 0 Å². The first-order valence-corrected chi connectivity index (χ1v) is 4.01. The number of rotatable bonds is 0. The van der Waals surface area contributed by atoms with E-state index >= 15 is 0 Å². The first-order chi connectivity index (χ1) is 4.60. The summed E-state index contributed by atoms with van der Waals surface area (Å²) in [5, 5.41) is 3.27. The largest absolute Gasteiger partial charge is 0.391 e. The summed E-state index contributed by atoms with van der Waals surface area (Å²) in [5.74, 6) is 0.796. The summed E-state index contributed by atoms with van der Waals surface area (Å²) in [5.41, 5.74) is 0.392. The molecule has 0 radical (unpaired) electrons. The van der Waals surface area contributed by atoms with Crippen molar-refractivity contribution in [1.29, 1.82) is 0 Å². The maximum absolute atomic E-state index is 3.27. The quantitative estimate of drug-likeness (QED) is 0.542. The molecular weight excluding hydrogens is 122 g/mol. The smallest absolute Gasteiger partial charge is 0.0167 e. The van der Waals surface area contributed by atoms with Gasteiger partial charge in [0.05, 0.1) is 0 Å². The molecule has 0 saturated heterocycles. The molecule has 0 aromatic rings. The minimum atomic E-state index is 0.392. The van der Waals surface area contributed by atoms with Crippen LogP contribution in [0.15, 0.2) is 12.3 Å². The third kappa shape index (κ3) is 2.05. The summed E-state index contributed by atoms with van der Waals surface area (Å²) in [7, 11) is 0. The highest BCUT2D eigenvalue weighted by Crippen LogP contribution is 2.27. The van der Waals surface area contributed by atoms with Gasteiger partial charge >= 0.3 is 0 Å². The van der Waals surface area contributed by atoms with Crippen molar-refractivity contribution in [1.82, 2.24) is 5.32 Å². The molecule has 0 aromatic heterocycles. The minimum Gasteiger partial charge on any atom is -0.391 e. The molecule has 0 saturated carbocycles. The Bertz CT molecular complexity index is 136. The van der Waals surface area contributed by atoms with Crippen LogP contribution in [0.25, 0.3) is 0 Å². The first-order valence-electron chi connectivity index (χ1n) is 4.01. The monoisotopic (exact) mass is 139 g/mol. The molecule has 0 amide bonds. The summed E-state index contributed by atoms with van der Waals surface area (Å²) >= 11 is 0. The highest BCUT2D eigenvalue weighted by Gasteiger charge is 2.19. The van der Waals surface area contributed by atoms with E-state index in [2.05, 4.69) is 38.4 Å². The maximum atomic E-state index is 3.27. The van der Waals surface area contributed by atoms with E-state index in [1.807, 2.05) is 0 Å². The number of nitrogens with one attached hydrogen (secondary N) is 1. The van der Waals surface area contributed by atoms with E-state index in [0.29, 0.717) is 5.41 Å². The van der Waals surface area contributed by atoms with Gasteiger partial charge in [0.2, 0.25) is 0 Å². The molecule has 1 aliphatic heterocycles. The third-order valence-corrected chi connectivity index (χ3v) is 1.99. The SMILES string of the molecule is CC1CNC=CC(C)(C)C1. The van der Waals surface area contributed by atoms with Crippen molar-refractivity contribution < 1.29 is 0 Å². The predicted molar refractivity (Wildman–Crippen MR) is 44.7 cm³/mol. The molecule has 1 N–H and O–H groups in total. The zero-order valence-corrected chi connectivity index (χ0v) is 7.15. The Morgan fingerprint density at radius 1 is 1.50 bits per heavy atom. The first kappa shape index (κ1) is 7.64. The summed E-state index contributed by atoms with van der Waals surface area (Å²) in [6, 6.07) is 0. The Balaban J connectivity index is 2.59. The van der Waals surface area contributed by atoms with Crippen LogP contribution in [0.2, 0.25) is 0 Å². The molecule has 10 heavy (non-hydrogen) atoms. The van der Waals surface area contributed by atoms with Crippen molar-refractivity contribution in [3.63, 3.8) is 0 Å². The Kier molecular flexibility index (Phi) is 2.02. The van der Waals surface area contributed by atoms with Gasteiger partial charge in [-0.15, -0.1) is 0 Å². The van der Waals surface area contributed by atoms with Crippen LogP contribution >= 0.6 is 0 Å². The van der Waals surface area contributed by atoms with Gasteiger partial charge in [-0.25, -0.2) is 0 Å². The molecule has 0 bridgehead atoms. The van der Waals surface area contributed by atoms with Crippen LogP contribution in [0.5, 0.6) is 0 Å². The summed E-state index contributed by atoms with van der Waals surface area (Å²) < 4.78 is 0. The van der Waals surface area contributed by atoms with Gasteiger partial charge in [-0.1, -0.05) is 26.8 Å². The van der Waals surface area contributed by atoms with E-state index in [1.54, 1.807) is 0 Å². The van der Waals surface area contributed by atoms with Gasteiger partial charge in [-0.05, 0) is 24.0 Å². The summed E-state index contributed by atoms with van der Waals surface area (Å²) in [6.07, 6.45) is 5.64. The van der Waals surface area contributed by atoms with Crippen LogP contribution in [-0.2, 0) is 0 Å². The van der Waals surface area contributed by atoms with Crippen molar-refractivity contribution >= 4 is 0 Å². The lowest BCUT2D eigenvalue weighted by molar-refractivity contribution is 0.359. The molecule has 58 valence electrons. The van der Waals surface area contributed by atoms with Gasteiger partial charge in [0.25, 0.3) is 0 Å². The van der Waals surface area contributed by atoms with Crippen molar-refractivity contribution in [3.8, 4) is 0 Å². The molecule has 1 aliphatic rings. The summed E-state index contributed by atoms with van der Waals surface area (Å²) in [4.78, 5) is 0. The van der Waals surface area contributed by atoms with E-state index in [1.165, 1.54) is 6.42 Å². The molecule has 1 heterocycles. The van der Waals surface area contributed by atoms with E-state index in [9.17, 15) is 0 Å². The van der Waals surface area contributed by atoms with Crippen molar-refractivity contribution in [2.45, 2.75) is 27.2 Å². The van der Waals surface area contributed by atoms with E-state index in [0.717, 1.165) is 12.5 Å². The standard InChI is InChI=1S/C9H17N/c1-8-6-9(2,3)4-5-10-7-8/h4-5,8,10H,6-7H2,1-3H3. The predicted octanol–water partition coefficient (Wildman–Crippen LogP) is 2.16. The molecule has 1 heteroatoms. The Morgan fingerprint density at radius 2 is 2.20 bits per heavy atom. The second kappa shape index (κ2) is 2.65. The molecule has 1 rings (SSSR count). The fourth-order valence-corrected chi connectivity index (χ4v) is 1.59. The van der Waals surface area contributed by atoms with Gasteiger partial charge < -0.3 is 5.32 Å². The Morgan fingerprint density at radius 3 is 2.90 bits per heavy atom. The van der Waals surface area contributed by atoms with Crippen molar-refractivity contribution in [3.05, 3.63) is 12.3 Å². The Labute approximate surface area is 63.5 Å². The van der Waals surface area contributed by atoms with Gasteiger partial charge in [0.15, 0.2) is 0 Å². The van der Waals surface area contributed by atoms with E-state index < -0.39 is 0 Å². The molecule has 0 fully saturated rings. The topological polar surface area (TPSA) is 12.0 Å². The zero-order chi connectivity index (χ0) is 7.61. The van der Waals surface area contributed by atoms with Crippen LogP contribution < -0.4 is 5.32 Å². The maximum Gasteiger partial charge on any atom is 0.0167 e. The second-order valence-electron chi connectivity index (χ2n) is 4.04. The lowest BCUT2D eigenvalue weighted by atomic mass is 9.84. The average molecular weight is 139 g/mol. The van der Waals surface area contributed by atoms with Crippen molar-refractivity contribution in [2.75, 3.05) is 6.54 Å². The van der Waals surface area contributed by atoms with Gasteiger partial charge in [-0.2, -0.15) is 0 Å². The lowest BCUT2D eigenvalue weighted by Crippen LogP contribution is -2.16. The molecular formula is C9H17N. The number of allylic oxidation sites excluding steroid dienone is 1. The third-order valence-electron chi connectivity index (χ3n) is 1.99. The molecule has 1 unspecified atom stereocenters. The second-order valence-corrected chi connectivity index (χ2v) is 4.04. The lowest BCUT2D eigenvalue weighted by Gasteiger charge is -2.21. The fourth-order valence-electron chi connectivity index (χ4n) is 1.59. The molecule has 1 atom stereocenters. The highest BCUT2D eigenvalue weighted by molar-refractivity contribution is 4.97. The van der Waals surface area contributed by atoms with E-state index in [4.69, 9.17) is 0 Å². The zero-order valence-electron chi connectivity index (χ0n) is 7.15. The Hall–Kier alpha value is -0.460. The number of hydrogen-bond acceptors (Lipinski definition) is 1. The average Bonchev–Trinajstić information content (AvgIpc) is 1.90. The number of hydrogen-bond donors (Lipinski definition) is 1. The normalized spacial score (nSPS) is 30.9. The van der Waals surface area contributed by atoms with Gasteiger partial charge in [0.1, 0.15) is 0 Å². The molecule has 0 aliphatic carbocycles. The van der Waals surface area contributed by atoms with Crippen LogP contribution in [-0.4, -0.2) is 6.54 Å². The van der Waals surface area contributed by atoms with Crippen LogP contribution in [0.4, 0.5) is 0 Å². The molecule has 0 aromatic carbocycles. The van der Waals surface area contributed by atoms with Crippen LogP contribution in [0, 0.1) is 11.3 Å². The highest BCUT2D eigenvalue weighted by atomic mass is 14.8. The van der Waals surface area contributed by atoms with E-state index in [-0.39, 0.29) is 0 Å². The van der Waals surface area contributed by atoms with Gasteiger partial charge in [-0.3, -0.25) is 0 Å². The fraction of sp³-hybridized carbons (Fsp3) is 0.778. The minimum absolute atomic E-state index is 0.392.